The van der Waals surface area contributed by atoms with Crippen LogP contribution in [0.15, 0.2) is 83.8 Å². The Hall–Kier alpha value is -2.36. The second-order valence-corrected chi connectivity index (χ2v) is 6.99. The Kier molecular flexibility index (Phi) is 6.49. The minimum atomic E-state index is 0. The summed E-state index contributed by atoms with van der Waals surface area (Å²) in [6.45, 7) is 3.05. The molecule has 3 aromatic rings. The van der Waals surface area contributed by atoms with Gasteiger partial charge in [-0.25, -0.2) is 0 Å². The van der Waals surface area contributed by atoms with E-state index < -0.39 is 0 Å². The van der Waals surface area contributed by atoms with Gasteiger partial charge < -0.3 is 4.57 Å². The Morgan fingerprint density at radius 3 is 2.11 bits per heavy atom. The van der Waals surface area contributed by atoms with Gasteiger partial charge in [0.1, 0.15) is 0 Å². The lowest BCUT2D eigenvalue weighted by molar-refractivity contribution is 0.178. The zero-order chi connectivity index (χ0) is 17.8. The van der Waals surface area contributed by atoms with E-state index in [1.165, 1.54) is 5.56 Å². The number of nitrogens with zero attached hydrogens (tertiary/aromatic N) is 2. The molecule has 1 fully saturated rings. The summed E-state index contributed by atoms with van der Waals surface area (Å²) in [5.74, 6) is 0. The molecular weight excluding hydrogens is 356 g/mol. The molecule has 1 aliphatic heterocycles. The standard InChI is InChI=1S/C23H24N2O.ClH/c26-23-22(20-10-5-2-6-11-20)12-7-15-25(23)21-13-16-24(17-14-21)18-19-8-3-1-4-9-19;/h1-12,15,21H,13-14,16-18H2;1H. The molecule has 1 aliphatic rings. The average Bonchev–Trinajstić information content (AvgIpc) is 2.70. The van der Waals surface area contributed by atoms with Gasteiger partial charge in [0, 0.05) is 37.4 Å². The first-order valence-corrected chi connectivity index (χ1v) is 9.34. The Labute approximate surface area is 166 Å². The van der Waals surface area contributed by atoms with Gasteiger partial charge in [-0.05, 0) is 36.1 Å². The number of halogens is 1. The minimum Gasteiger partial charge on any atom is -0.312 e. The molecule has 4 rings (SSSR count). The highest BCUT2D eigenvalue weighted by atomic mass is 35.5. The van der Waals surface area contributed by atoms with Crippen LogP contribution >= 0.6 is 12.4 Å². The number of rotatable bonds is 4. The van der Waals surface area contributed by atoms with Crippen molar-refractivity contribution >= 4 is 12.4 Å². The summed E-state index contributed by atoms with van der Waals surface area (Å²) in [4.78, 5) is 15.5. The van der Waals surface area contributed by atoms with Crippen LogP contribution in [-0.4, -0.2) is 22.6 Å². The highest BCUT2D eigenvalue weighted by Crippen LogP contribution is 2.23. The molecule has 0 amide bonds. The monoisotopic (exact) mass is 380 g/mol. The normalized spacial score (nSPS) is 15.3. The Bertz CT molecular complexity index is 900. The van der Waals surface area contributed by atoms with Crippen molar-refractivity contribution in [3.63, 3.8) is 0 Å². The molecule has 3 nitrogen and oxygen atoms in total. The first-order chi connectivity index (χ1) is 12.8. The molecule has 0 unspecified atom stereocenters. The minimum absolute atomic E-state index is 0. The molecule has 1 aromatic heterocycles. The molecule has 0 saturated carbocycles. The van der Waals surface area contributed by atoms with Gasteiger partial charge in [-0.1, -0.05) is 60.7 Å². The van der Waals surface area contributed by atoms with Gasteiger partial charge in [0.2, 0.25) is 0 Å². The van der Waals surface area contributed by atoms with Crippen LogP contribution in [-0.2, 0) is 6.54 Å². The summed E-state index contributed by atoms with van der Waals surface area (Å²) in [6.07, 6.45) is 3.99. The molecule has 27 heavy (non-hydrogen) atoms. The van der Waals surface area contributed by atoms with E-state index in [9.17, 15) is 4.79 Å². The average molecular weight is 381 g/mol. The maximum absolute atomic E-state index is 13.0. The van der Waals surface area contributed by atoms with Crippen molar-refractivity contribution in [3.05, 3.63) is 94.9 Å². The fourth-order valence-corrected chi connectivity index (χ4v) is 3.83. The molecule has 1 saturated heterocycles. The summed E-state index contributed by atoms with van der Waals surface area (Å²) in [6, 6.07) is 24.8. The van der Waals surface area contributed by atoms with Crippen molar-refractivity contribution in [3.8, 4) is 11.1 Å². The Morgan fingerprint density at radius 2 is 1.44 bits per heavy atom. The van der Waals surface area contributed by atoms with Crippen LogP contribution in [0.1, 0.15) is 24.4 Å². The summed E-state index contributed by atoms with van der Waals surface area (Å²) in [7, 11) is 0. The number of likely N-dealkylation sites (tertiary alicyclic amines) is 1. The number of aromatic nitrogens is 1. The molecular formula is C23H25ClN2O. The van der Waals surface area contributed by atoms with Crippen LogP contribution in [0.4, 0.5) is 0 Å². The molecule has 0 radical (unpaired) electrons. The van der Waals surface area contributed by atoms with Crippen molar-refractivity contribution in [2.45, 2.75) is 25.4 Å². The van der Waals surface area contributed by atoms with Crippen LogP contribution < -0.4 is 5.56 Å². The van der Waals surface area contributed by atoms with E-state index in [0.29, 0.717) is 0 Å². The van der Waals surface area contributed by atoms with E-state index in [4.69, 9.17) is 0 Å². The van der Waals surface area contributed by atoms with E-state index in [-0.39, 0.29) is 24.0 Å². The molecule has 0 aliphatic carbocycles. The van der Waals surface area contributed by atoms with Crippen LogP contribution in [0, 0.1) is 0 Å². The molecule has 0 bridgehead atoms. The fraction of sp³-hybridized carbons (Fsp3) is 0.261. The predicted molar refractivity (Wildman–Crippen MR) is 113 cm³/mol. The topological polar surface area (TPSA) is 25.2 Å². The molecule has 2 aromatic carbocycles. The van der Waals surface area contributed by atoms with Crippen molar-refractivity contribution in [2.75, 3.05) is 13.1 Å². The van der Waals surface area contributed by atoms with Crippen LogP contribution in [0.3, 0.4) is 0 Å². The molecule has 0 atom stereocenters. The van der Waals surface area contributed by atoms with Crippen molar-refractivity contribution in [1.29, 1.82) is 0 Å². The van der Waals surface area contributed by atoms with Crippen LogP contribution in [0.5, 0.6) is 0 Å². The van der Waals surface area contributed by atoms with Crippen LogP contribution in [0.25, 0.3) is 11.1 Å². The fourth-order valence-electron chi connectivity index (χ4n) is 3.83. The highest BCUT2D eigenvalue weighted by molar-refractivity contribution is 5.85. The van der Waals surface area contributed by atoms with Crippen molar-refractivity contribution in [2.24, 2.45) is 0 Å². The van der Waals surface area contributed by atoms with Crippen LogP contribution in [0.2, 0.25) is 0 Å². The third kappa shape index (κ3) is 4.49. The van der Waals surface area contributed by atoms with Crippen molar-refractivity contribution in [1.82, 2.24) is 9.47 Å². The second-order valence-electron chi connectivity index (χ2n) is 6.99. The van der Waals surface area contributed by atoms with Gasteiger partial charge in [0.05, 0.1) is 0 Å². The third-order valence-corrected chi connectivity index (χ3v) is 5.26. The lowest BCUT2D eigenvalue weighted by Crippen LogP contribution is -2.37. The largest absolute Gasteiger partial charge is 0.312 e. The highest BCUT2D eigenvalue weighted by Gasteiger charge is 2.22. The Morgan fingerprint density at radius 1 is 0.815 bits per heavy atom. The number of hydrogen-bond acceptors (Lipinski definition) is 2. The molecule has 0 spiro atoms. The van der Waals surface area contributed by atoms with E-state index in [1.54, 1.807) is 0 Å². The third-order valence-electron chi connectivity index (χ3n) is 5.26. The quantitative estimate of drug-likeness (QED) is 0.651. The van der Waals surface area contributed by atoms with E-state index in [2.05, 4.69) is 35.2 Å². The summed E-state index contributed by atoms with van der Waals surface area (Å²) < 4.78 is 1.95. The maximum atomic E-state index is 13.0. The predicted octanol–water partition coefficient (Wildman–Crippen LogP) is 4.77. The number of benzene rings is 2. The summed E-state index contributed by atoms with van der Waals surface area (Å²) in [5, 5.41) is 0. The van der Waals surface area contributed by atoms with Gasteiger partial charge in [0.15, 0.2) is 0 Å². The summed E-state index contributed by atoms with van der Waals surface area (Å²) in [5.41, 5.74) is 3.27. The van der Waals surface area contributed by atoms with Gasteiger partial charge in [-0.2, -0.15) is 0 Å². The van der Waals surface area contributed by atoms with Gasteiger partial charge >= 0.3 is 0 Å². The molecule has 4 heteroatoms. The van der Waals surface area contributed by atoms with E-state index in [0.717, 1.165) is 43.6 Å². The SMILES string of the molecule is Cl.O=c1c(-c2ccccc2)cccn1C1CCN(Cc2ccccc2)CC1. The number of piperidine rings is 1. The Balaban J connectivity index is 0.00000210. The second kappa shape index (κ2) is 9.03. The van der Waals surface area contributed by atoms with Gasteiger partial charge in [-0.3, -0.25) is 9.69 Å². The molecule has 2 heterocycles. The number of hydrogen-bond donors (Lipinski definition) is 0. The molecule has 0 N–H and O–H groups in total. The summed E-state index contributed by atoms with van der Waals surface area (Å²) >= 11 is 0. The zero-order valence-electron chi connectivity index (χ0n) is 15.3. The van der Waals surface area contributed by atoms with E-state index >= 15 is 0 Å². The first kappa shape index (κ1) is 19.4. The lowest BCUT2D eigenvalue weighted by atomic mass is 10.0. The molecule has 140 valence electrons. The van der Waals surface area contributed by atoms with Crippen molar-refractivity contribution < 1.29 is 0 Å². The first-order valence-electron chi connectivity index (χ1n) is 9.34. The van der Waals surface area contributed by atoms with E-state index in [1.807, 2.05) is 53.2 Å². The lowest BCUT2D eigenvalue weighted by Gasteiger charge is -2.33. The number of pyridine rings is 1. The zero-order valence-corrected chi connectivity index (χ0v) is 16.1. The van der Waals surface area contributed by atoms with Gasteiger partial charge in [-0.15, -0.1) is 12.4 Å². The maximum Gasteiger partial charge on any atom is 0.258 e. The van der Waals surface area contributed by atoms with Gasteiger partial charge in [0.25, 0.3) is 5.56 Å². The smallest absolute Gasteiger partial charge is 0.258 e.